The number of nitrogens with one attached hydrogen (secondary N) is 1. The van der Waals surface area contributed by atoms with Crippen molar-refractivity contribution in [2.45, 2.75) is 58.4 Å². The summed E-state index contributed by atoms with van der Waals surface area (Å²) >= 11 is 0. The van der Waals surface area contributed by atoms with Crippen molar-refractivity contribution in [3.05, 3.63) is 23.0 Å². The zero-order valence-electron chi connectivity index (χ0n) is 15.0. The Bertz CT molecular complexity index is 774. The zero-order valence-corrected chi connectivity index (χ0v) is 15.8. The number of hydrogen-bond donors (Lipinski definition) is 1. The van der Waals surface area contributed by atoms with Crippen LogP contribution in [0.2, 0.25) is 0 Å². The molecule has 0 bridgehead atoms. The van der Waals surface area contributed by atoms with Crippen molar-refractivity contribution in [1.82, 2.24) is 9.99 Å². The summed E-state index contributed by atoms with van der Waals surface area (Å²) in [7, 11) is -3.06. The molecule has 1 saturated carbocycles. The standard InChI is InChI=1S/C18H27N3O3S/c1-13-10-16(14(2)21(13)17-6-4-3-5-7-17)11-19-20-18(22)15-8-9-25(23,24)12-15/h10-11,15,17H,3-9,12H2,1-2H3,(H,20,22)/b19-11-/t15-/m0/s1. The van der Waals surface area contributed by atoms with Gasteiger partial charge in [0.05, 0.1) is 23.6 Å². The number of rotatable bonds is 4. The Morgan fingerprint density at radius 3 is 2.60 bits per heavy atom. The monoisotopic (exact) mass is 365 g/mol. The van der Waals surface area contributed by atoms with Crippen LogP contribution in [0.3, 0.4) is 0 Å². The number of amides is 1. The van der Waals surface area contributed by atoms with E-state index in [1.807, 2.05) is 0 Å². The molecule has 1 aliphatic carbocycles. The third-order valence-electron chi connectivity index (χ3n) is 5.44. The molecule has 1 aliphatic heterocycles. The summed E-state index contributed by atoms with van der Waals surface area (Å²) in [4.78, 5) is 12.0. The minimum Gasteiger partial charge on any atom is -0.345 e. The fourth-order valence-corrected chi connectivity index (χ4v) is 5.83. The minimum absolute atomic E-state index is 0.0649. The molecule has 138 valence electrons. The summed E-state index contributed by atoms with van der Waals surface area (Å²) in [6, 6.07) is 2.66. The van der Waals surface area contributed by atoms with Gasteiger partial charge in [-0.3, -0.25) is 4.79 Å². The molecule has 2 fully saturated rings. The Kier molecular flexibility index (Phi) is 5.32. The molecular formula is C18H27N3O3S. The summed E-state index contributed by atoms with van der Waals surface area (Å²) in [5.41, 5.74) is 5.90. The van der Waals surface area contributed by atoms with E-state index in [9.17, 15) is 13.2 Å². The predicted octanol–water partition coefficient (Wildman–Crippen LogP) is 2.49. The van der Waals surface area contributed by atoms with E-state index in [1.165, 1.54) is 43.5 Å². The quantitative estimate of drug-likeness (QED) is 0.657. The molecule has 1 aromatic heterocycles. The van der Waals surface area contributed by atoms with Gasteiger partial charge in [0.1, 0.15) is 0 Å². The highest BCUT2D eigenvalue weighted by Gasteiger charge is 2.32. The SMILES string of the molecule is Cc1cc(/C=N\NC(=O)[C@H]2CCS(=O)(=O)C2)c(C)n1C1CCCCC1. The Morgan fingerprint density at radius 1 is 1.24 bits per heavy atom. The van der Waals surface area contributed by atoms with Crippen LogP contribution in [0.4, 0.5) is 0 Å². The Morgan fingerprint density at radius 2 is 1.96 bits per heavy atom. The van der Waals surface area contributed by atoms with Crippen LogP contribution in [0.15, 0.2) is 11.2 Å². The molecule has 0 unspecified atom stereocenters. The molecule has 7 heteroatoms. The third kappa shape index (κ3) is 4.14. The number of carbonyl (C=O) groups excluding carboxylic acids is 1. The number of hydrogen-bond acceptors (Lipinski definition) is 4. The number of sulfone groups is 1. The molecule has 1 atom stereocenters. The fraction of sp³-hybridized carbons (Fsp3) is 0.667. The number of nitrogens with zero attached hydrogens (tertiary/aromatic N) is 2. The van der Waals surface area contributed by atoms with Gasteiger partial charge in [0.25, 0.3) is 0 Å². The number of hydrazone groups is 1. The highest BCUT2D eigenvalue weighted by Crippen LogP contribution is 2.31. The van der Waals surface area contributed by atoms with Gasteiger partial charge in [0.15, 0.2) is 9.84 Å². The lowest BCUT2D eigenvalue weighted by Crippen LogP contribution is -2.27. The first kappa shape index (κ1) is 18.2. The highest BCUT2D eigenvalue weighted by atomic mass is 32.2. The largest absolute Gasteiger partial charge is 0.345 e. The first-order chi connectivity index (χ1) is 11.9. The van der Waals surface area contributed by atoms with Crippen LogP contribution in [0.5, 0.6) is 0 Å². The summed E-state index contributed by atoms with van der Waals surface area (Å²) in [5, 5.41) is 4.06. The molecule has 0 spiro atoms. The van der Waals surface area contributed by atoms with Crippen molar-refractivity contribution in [1.29, 1.82) is 0 Å². The fourth-order valence-electron chi connectivity index (χ4n) is 4.09. The number of carbonyl (C=O) groups is 1. The Hall–Kier alpha value is -1.63. The lowest BCUT2D eigenvalue weighted by molar-refractivity contribution is -0.124. The summed E-state index contributed by atoms with van der Waals surface area (Å²) in [5.74, 6) is -0.753. The van der Waals surface area contributed by atoms with Gasteiger partial charge in [-0.15, -0.1) is 0 Å². The van der Waals surface area contributed by atoms with Gasteiger partial charge >= 0.3 is 0 Å². The van der Waals surface area contributed by atoms with Crippen molar-refractivity contribution >= 4 is 22.0 Å². The van der Waals surface area contributed by atoms with Gasteiger partial charge in [0.2, 0.25) is 5.91 Å². The van der Waals surface area contributed by atoms with E-state index in [2.05, 4.69) is 35.0 Å². The van der Waals surface area contributed by atoms with Gasteiger partial charge in [-0.25, -0.2) is 13.8 Å². The average Bonchev–Trinajstić information content (AvgIpc) is 3.07. The smallest absolute Gasteiger partial charge is 0.244 e. The first-order valence-electron chi connectivity index (χ1n) is 9.09. The van der Waals surface area contributed by atoms with Crippen molar-refractivity contribution in [2.75, 3.05) is 11.5 Å². The second-order valence-electron chi connectivity index (χ2n) is 7.32. The molecule has 6 nitrogen and oxygen atoms in total. The maximum atomic E-state index is 12.0. The van der Waals surface area contributed by atoms with Gasteiger partial charge in [-0.05, 0) is 39.2 Å². The lowest BCUT2D eigenvalue weighted by Gasteiger charge is -2.26. The molecule has 0 radical (unpaired) electrons. The molecule has 3 rings (SSSR count). The van der Waals surface area contributed by atoms with Crippen molar-refractivity contribution < 1.29 is 13.2 Å². The molecule has 0 aromatic carbocycles. The van der Waals surface area contributed by atoms with Crippen molar-refractivity contribution in [3.8, 4) is 0 Å². The van der Waals surface area contributed by atoms with Crippen LogP contribution in [0.25, 0.3) is 0 Å². The topological polar surface area (TPSA) is 80.5 Å². The maximum absolute atomic E-state index is 12.0. The Labute approximate surface area is 149 Å². The third-order valence-corrected chi connectivity index (χ3v) is 7.21. The molecule has 2 aliphatic rings. The van der Waals surface area contributed by atoms with E-state index < -0.39 is 15.8 Å². The van der Waals surface area contributed by atoms with E-state index in [4.69, 9.17) is 0 Å². The predicted molar refractivity (Wildman–Crippen MR) is 98.5 cm³/mol. The summed E-state index contributed by atoms with van der Waals surface area (Å²) in [6.07, 6.45) is 8.40. The number of aromatic nitrogens is 1. The maximum Gasteiger partial charge on any atom is 0.244 e. The normalized spacial score (nSPS) is 24.0. The highest BCUT2D eigenvalue weighted by molar-refractivity contribution is 7.91. The minimum atomic E-state index is -3.06. The molecular weight excluding hydrogens is 338 g/mol. The van der Waals surface area contributed by atoms with Crippen LogP contribution in [0.1, 0.15) is 61.5 Å². The van der Waals surface area contributed by atoms with E-state index in [0.29, 0.717) is 12.5 Å². The van der Waals surface area contributed by atoms with E-state index in [1.54, 1.807) is 6.21 Å². The van der Waals surface area contributed by atoms with Crippen LogP contribution >= 0.6 is 0 Å². The molecule has 1 saturated heterocycles. The van der Waals surface area contributed by atoms with Crippen LogP contribution in [-0.2, 0) is 14.6 Å². The van der Waals surface area contributed by atoms with Crippen LogP contribution < -0.4 is 5.43 Å². The number of aryl methyl sites for hydroxylation is 1. The van der Waals surface area contributed by atoms with Crippen molar-refractivity contribution in [3.63, 3.8) is 0 Å². The van der Waals surface area contributed by atoms with Gasteiger partial charge in [0, 0.05) is 23.0 Å². The van der Waals surface area contributed by atoms with E-state index >= 15 is 0 Å². The molecule has 1 amide bonds. The van der Waals surface area contributed by atoms with E-state index in [0.717, 1.165) is 5.56 Å². The van der Waals surface area contributed by atoms with Gasteiger partial charge in [-0.1, -0.05) is 19.3 Å². The second-order valence-corrected chi connectivity index (χ2v) is 9.55. The molecule has 25 heavy (non-hydrogen) atoms. The van der Waals surface area contributed by atoms with E-state index in [-0.39, 0.29) is 17.4 Å². The summed E-state index contributed by atoms with van der Waals surface area (Å²) in [6.45, 7) is 4.20. The first-order valence-corrected chi connectivity index (χ1v) is 10.9. The molecule has 1 aromatic rings. The average molecular weight is 365 g/mol. The lowest BCUT2D eigenvalue weighted by atomic mass is 9.95. The summed E-state index contributed by atoms with van der Waals surface area (Å²) < 4.78 is 25.3. The second kappa shape index (κ2) is 7.32. The Balaban J connectivity index is 1.65. The van der Waals surface area contributed by atoms with Gasteiger partial charge in [-0.2, -0.15) is 5.10 Å². The molecule has 2 heterocycles. The van der Waals surface area contributed by atoms with Crippen molar-refractivity contribution in [2.24, 2.45) is 11.0 Å². The van der Waals surface area contributed by atoms with Crippen LogP contribution in [0, 0.1) is 19.8 Å². The van der Waals surface area contributed by atoms with Crippen LogP contribution in [-0.4, -0.2) is 36.6 Å². The van der Waals surface area contributed by atoms with Gasteiger partial charge < -0.3 is 4.57 Å². The zero-order chi connectivity index (χ0) is 18.0. The molecule has 1 N–H and O–H groups in total.